The highest BCUT2D eigenvalue weighted by Crippen LogP contribution is 2.10. The van der Waals surface area contributed by atoms with Gasteiger partial charge in [-0.25, -0.2) is 0 Å². The van der Waals surface area contributed by atoms with Crippen molar-refractivity contribution in [1.29, 1.82) is 0 Å². The minimum Gasteiger partial charge on any atom is -0.377 e. The first kappa shape index (κ1) is 25.2. The molecule has 0 radical (unpaired) electrons. The number of likely N-dealkylation sites (tertiary alicyclic amines) is 1. The van der Waals surface area contributed by atoms with Crippen molar-refractivity contribution >= 4 is 5.96 Å². The Labute approximate surface area is 174 Å². The van der Waals surface area contributed by atoms with Crippen molar-refractivity contribution in [3.05, 3.63) is 0 Å². The van der Waals surface area contributed by atoms with Crippen LogP contribution in [0.25, 0.3) is 0 Å². The molecule has 1 aliphatic rings. The van der Waals surface area contributed by atoms with Crippen molar-refractivity contribution in [2.45, 2.75) is 92.0 Å². The van der Waals surface area contributed by atoms with Gasteiger partial charge in [-0.3, -0.25) is 9.89 Å². The fraction of sp³-hybridized carbons (Fsp3) is 0.955. The predicted molar refractivity (Wildman–Crippen MR) is 121 cm³/mol. The molecule has 1 rings (SSSR count). The molecule has 6 heteroatoms. The van der Waals surface area contributed by atoms with Gasteiger partial charge in [-0.1, -0.05) is 0 Å². The summed E-state index contributed by atoms with van der Waals surface area (Å²) < 4.78 is 5.68. The quantitative estimate of drug-likeness (QED) is 0.301. The number of guanidine groups is 1. The highest BCUT2D eigenvalue weighted by Gasteiger charge is 2.20. The molecule has 0 aliphatic carbocycles. The Kier molecular flexibility index (Phi) is 12.8. The topological polar surface area (TPSA) is 52.1 Å². The largest absolute Gasteiger partial charge is 0.377 e. The lowest BCUT2D eigenvalue weighted by Crippen LogP contribution is -2.49. The van der Waals surface area contributed by atoms with E-state index in [0.717, 1.165) is 58.3 Å². The van der Waals surface area contributed by atoms with Crippen LogP contribution in [0, 0.1) is 0 Å². The summed E-state index contributed by atoms with van der Waals surface area (Å²) in [5.74, 6) is 0.977. The first-order valence-corrected chi connectivity index (χ1v) is 11.5. The van der Waals surface area contributed by atoms with Crippen molar-refractivity contribution < 1.29 is 4.74 Å². The van der Waals surface area contributed by atoms with Crippen LogP contribution < -0.4 is 10.6 Å². The van der Waals surface area contributed by atoms with Crippen LogP contribution in [0.2, 0.25) is 0 Å². The fourth-order valence-electron chi connectivity index (χ4n) is 3.79. The van der Waals surface area contributed by atoms with E-state index in [1.165, 1.54) is 12.8 Å². The molecule has 1 aliphatic heterocycles. The second-order valence-electron chi connectivity index (χ2n) is 8.72. The maximum Gasteiger partial charge on any atom is 0.191 e. The molecule has 1 saturated heterocycles. The number of aliphatic imine (C=N–C) groups is 1. The summed E-state index contributed by atoms with van der Waals surface area (Å²) in [7, 11) is 0. The molecule has 1 heterocycles. The van der Waals surface area contributed by atoms with Crippen molar-refractivity contribution in [3.63, 3.8) is 0 Å². The molecule has 0 saturated carbocycles. The fourth-order valence-corrected chi connectivity index (χ4v) is 3.79. The number of nitrogens with zero attached hydrogens (tertiary/aromatic N) is 3. The van der Waals surface area contributed by atoms with Crippen LogP contribution in [-0.4, -0.2) is 85.9 Å². The summed E-state index contributed by atoms with van der Waals surface area (Å²) in [6, 6.07) is 1.70. The molecule has 0 aromatic heterocycles. The SMILES string of the molecule is CCNC(=NCCCN(C(C)C)C(C)C)NC1CCN(CCOC(C)C)CC1. The Morgan fingerprint density at radius 2 is 1.75 bits per heavy atom. The van der Waals surface area contributed by atoms with Crippen LogP contribution in [0.15, 0.2) is 4.99 Å². The van der Waals surface area contributed by atoms with Crippen LogP contribution >= 0.6 is 0 Å². The van der Waals surface area contributed by atoms with Gasteiger partial charge >= 0.3 is 0 Å². The summed E-state index contributed by atoms with van der Waals surface area (Å²) >= 11 is 0. The first-order chi connectivity index (χ1) is 13.3. The Morgan fingerprint density at radius 1 is 1.11 bits per heavy atom. The minimum atomic E-state index is 0.325. The molecule has 28 heavy (non-hydrogen) atoms. The lowest BCUT2D eigenvalue weighted by atomic mass is 10.1. The van der Waals surface area contributed by atoms with Gasteiger partial charge < -0.3 is 20.3 Å². The smallest absolute Gasteiger partial charge is 0.191 e. The highest BCUT2D eigenvalue weighted by molar-refractivity contribution is 5.80. The Hall–Kier alpha value is -0.850. The Morgan fingerprint density at radius 3 is 2.29 bits per heavy atom. The number of hydrogen-bond donors (Lipinski definition) is 2. The Bertz CT molecular complexity index is 409. The van der Waals surface area contributed by atoms with E-state index < -0.39 is 0 Å². The van der Waals surface area contributed by atoms with Gasteiger partial charge in [0.2, 0.25) is 0 Å². The van der Waals surface area contributed by atoms with Gasteiger partial charge in [-0.15, -0.1) is 0 Å². The third kappa shape index (κ3) is 10.6. The number of hydrogen-bond acceptors (Lipinski definition) is 4. The molecular formula is C22H47N5O. The van der Waals surface area contributed by atoms with E-state index in [9.17, 15) is 0 Å². The van der Waals surface area contributed by atoms with E-state index in [2.05, 4.69) is 68.9 Å². The monoisotopic (exact) mass is 397 g/mol. The van der Waals surface area contributed by atoms with E-state index in [4.69, 9.17) is 9.73 Å². The van der Waals surface area contributed by atoms with Crippen molar-refractivity contribution in [3.8, 4) is 0 Å². The van der Waals surface area contributed by atoms with E-state index in [0.29, 0.717) is 24.2 Å². The van der Waals surface area contributed by atoms with Crippen molar-refractivity contribution in [2.24, 2.45) is 4.99 Å². The molecular weight excluding hydrogens is 350 g/mol. The average Bonchev–Trinajstić information content (AvgIpc) is 2.62. The summed E-state index contributed by atoms with van der Waals surface area (Å²) in [4.78, 5) is 9.87. The third-order valence-corrected chi connectivity index (χ3v) is 5.30. The number of piperidine rings is 1. The van der Waals surface area contributed by atoms with Crippen molar-refractivity contribution in [2.75, 3.05) is 45.9 Å². The van der Waals surface area contributed by atoms with Gasteiger partial charge in [-0.2, -0.15) is 0 Å². The van der Waals surface area contributed by atoms with E-state index in [1.54, 1.807) is 0 Å². The van der Waals surface area contributed by atoms with E-state index in [-0.39, 0.29) is 0 Å². The molecule has 0 atom stereocenters. The van der Waals surface area contributed by atoms with Gasteiger partial charge in [0.05, 0.1) is 12.7 Å². The van der Waals surface area contributed by atoms with E-state index >= 15 is 0 Å². The number of nitrogens with one attached hydrogen (secondary N) is 2. The van der Waals surface area contributed by atoms with Gasteiger partial charge in [0, 0.05) is 57.4 Å². The molecule has 1 fully saturated rings. The average molecular weight is 398 g/mol. The van der Waals surface area contributed by atoms with Crippen LogP contribution in [0.1, 0.15) is 67.7 Å². The van der Waals surface area contributed by atoms with Gasteiger partial charge in [0.15, 0.2) is 5.96 Å². The van der Waals surface area contributed by atoms with Crippen LogP contribution in [0.5, 0.6) is 0 Å². The van der Waals surface area contributed by atoms with E-state index in [1.807, 2.05) is 0 Å². The minimum absolute atomic E-state index is 0.325. The van der Waals surface area contributed by atoms with Gasteiger partial charge in [0.1, 0.15) is 0 Å². The predicted octanol–water partition coefficient (Wildman–Crippen LogP) is 2.94. The number of rotatable bonds is 12. The second kappa shape index (κ2) is 14.2. The lowest BCUT2D eigenvalue weighted by molar-refractivity contribution is 0.0532. The zero-order valence-corrected chi connectivity index (χ0v) is 19.6. The molecule has 0 aromatic carbocycles. The maximum absolute atomic E-state index is 5.68. The Balaban J connectivity index is 2.35. The first-order valence-electron chi connectivity index (χ1n) is 11.5. The summed E-state index contributed by atoms with van der Waals surface area (Å²) in [6.07, 6.45) is 3.76. The van der Waals surface area contributed by atoms with Crippen molar-refractivity contribution in [1.82, 2.24) is 20.4 Å². The van der Waals surface area contributed by atoms with Crippen LogP contribution in [0.3, 0.4) is 0 Å². The van der Waals surface area contributed by atoms with Crippen LogP contribution in [-0.2, 0) is 4.74 Å². The molecule has 0 spiro atoms. The van der Waals surface area contributed by atoms with Gasteiger partial charge in [0.25, 0.3) is 0 Å². The molecule has 166 valence electrons. The zero-order valence-electron chi connectivity index (χ0n) is 19.6. The molecule has 0 aromatic rings. The second-order valence-corrected chi connectivity index (χ2v) is 8.72. The van der Waals surface area contributed by atoms with Gasteiger partial charge in [-0.05, 0) is 67.7 Å². The molecule has 6 nitrogen and oxygen atoms in total. The third-order valence-electron chi connectivity index (χ3n) is 5.30. The summed E-state index contributed by atoms with van der Waals surface area (Å²) in [5.41, 5.74) is 0. The molecule has 0 amide bonds. The molecule has 0 bridgehead atoms. The molecule has 0 unspecified atom stereocenters. The highest BCUT2D eigenvalue weighted by atomic mass is 16.5. The lowest BCUT2D eigenvalue weighted by Gasteiger charge is -2.33. The van der Waals surface area contributed by atoms with Crippen LogP contribution in [0.4, 0.5) is 0 Å². The molecule has 2 N–H and O–H groups in total. The summed E-state index contributed by atoms with van der Waals surface area (Å²) in [6.45, 7) is 22.5. The zero-order chi connectivity index (χ0) is 20.9. The number of ether oxygens (including phenoxy) is 1. The standard InChI is InChI=1S/C22H47N5O/c1-8-23-22(24-12-9-13-27(18(2)3)19(4)5)25-21-10-14-26(15-11-21)16-17-28-20(6)7/h18-21H,8-17H2,1-7H3,(H2,23,24,25). The normalized spacial score (nSPS) is 17.3. The maximum atomic E-state index is 5.68. The summed E-state index contributed by atoms with van der Waals surface area (Å²) in [5, 5.41) is 7.07.